The van der Waals surface area contributed by atoms with E-state index in [9.17, 15) is 0 Å². The Morgan fingerprint density at radius 3 is 2.47 bits per heavy atom. The average Bonchev–Trinajstić information content (AvgIpc) is 2.30. The van der Waals surface area contributed by atoms with Gasteiger partial charge in [0.15, 0.2) is 0 Å². The van der Waals surface area contributed by atoms with E-state index in [1.54, 1.807) is 23.9 Å². The van der Waals surface area contributed by atoms with Gasteiger partial charge >= 0.3 is 0 Å². The first kappa shape index (κ1) is 12.0. The topological polar surface area (TPSA) is 49.9 Å². The van der Waals surface area contributed by atoms with Crippen molar-refractivity contribution in [1.29, 1.82) is 5.41 Å². The van der Waals surface area contributed by atoms with Crippen LogP contribution in [0.25, 0.3) is 0 Å². The highest BCUT2D eigenvalue weighted by atomic mass is 35.5. The Balaban J connectivity index is 2.37. The fourth-order valence-corrected chi connectivity index (χ4v) is 2.68. The van der Waals surface area contributed by atoms with Gasteiger partial charge in [0.05, 0.1) is 0 Å². The Bertz CT molecular complexity index is 540. The van der Waals surface area contributed by atoms with Gasteiger partial charge in [0.2, 0.25) is 0 Å². The summed E-state index contributed by atoms with van der Waals surface area (Å²) in [7, 11) is 0. The van der Waals surface area contributed by atoms with Gasteiger partial charge in [-0.15, -0.1) is 0 Å². The van der Waals surface area contributed by atoms with Gasteiger partial charge in [-0.3, -0.25) is 5.41 Å². The quantitative estimate of drug-likeness (QED) is 0.653. The number of nitrogens with two attached hydrogens (primary N) is 1. The molecule has 2 rings (SSSR count). The van der Waals surface area contributed by atoms with Crippen molar-refractivity contribution in [1.82, 2.24) is 0 Å². The fraction of sp³-hybridized carbons (Fsp3) is 0. The molecule has 4 heteroatoms. The number of halogens is 1. The molecule has 0 heterocycles. The van der Waals surface area contributed by atoms with E-state index in [0.29, 0.717) is 10.6 Å². The molecule has 0 atom stereocenters. The number of benzene rings is 2. The Kier molecular flexibility index (Phi) is 3.71. The summed E-state index contributed by atoms with van der Waals surface area (Å²) in [6.07, 6.45) is 0. The molecule has 17 heavy (non-hydrogen) atoms. The summed E-state index contributed by atoms with van der Waals surface area (Å²) in [6.45, 7) is 0. The molecule has 0 saturated carbocycles. The summed E-state index contributed by atoms with van der Waals surface area (Å²) in [5.74, 6) is 0.0556. The zero-order valence-electron chi connectivity index (χ0n) is 8.98. The number of hydrogen-bond donors (Lipinski definition) is 2. The molecule has 86 valence electrons. The molecule has 2 aromatic rings. The van der Waals surface area contributed by atoms with Crippen molar-refractivity contribution in [2.75, 3.05) is 0 Å². The second kappa shape index (κ2) is 5.25. The molecule has 2 aromatic carbocycles. The highest BCUT2D eigenvalue weighted by molar-refractivity contribution is 7.99. The van der Waals surface area contributed by atoms with Gasteiger partial charge in [-0.25, -0.2) is 0 Å². The van der Waals surface area contributed by atoms with E-state index in [2.05, 4.69) is 0 Å². The standard InChI is InChI=1S/C13H11ClN2S/c14-9-6-7-11(13(15)16)12(8-9)17-10-4-2-1-3-5-10/h1-8H,(H3,15,16). The number of nitrogen functional groups attached to an aromatic ring is 1. The van der Waals surface area contributed by atoms with E-state index in [4.69, 9.17) is 22.7 Å². The SMILES string of the molecule is N=C(N)c1ccc(Cl)cc1Sc1ccccc1. The van der Waals surface area contributed by atoms with E-state index in [1.807, 2.05) is 36.4 Å². The van der Waals surface area contributed by atoms with Crippen molar-refractivity contribution in [3.8, 4) is 0 Å². The second-order valence-electron chi connectivity index (χ2n) is 3.47. The monoisotopic (exact) mass is 262 g/mol. The minimum absolute atomic E-state index is 0.0556. The smallest absolute Gasteiger partial charge is 0.123 e. The predicted molar refractivity (Wildman–Crippen MR) is 73.0 cm³/mol. The highest BCUT2D eigenvalue weighted by Gasteiger charge is 2.07. The van der Waals surface area contributed by atoms with E-state index >= 15 is 0 Å². The lowest BCUT2D eigenvalue weighted by molar-refractivity contribution is 1.33. The second-order valence-corrected chi connectivity index (χ2v) is 5.02. The Morgan fingerprint density at radius 1 is 1.12 bits per heavy atom. The Morgan fingerprint density at radius 2 is 1.82 bits per heavy atom. The van der Waals surface area contributed by atoms with Gasteiger partial charge in [-0.1, -0.05) is 41.6 Å². The van der Waals surface area contributed by atoms with Gasteiger partial charge < -0.3 is 5.73 Å². The molecular formula is C13H11ClN2S. The summed E-state index contributed by atoms with van der Waals surface area (Å²) in [4.78, 5) is 1.99. The summed E-state index contributed by atoms with van der Waals surface area (Å²) in [6, 6.07) is 15.3. The molecule has 0 spiro atoms. The van der Waals surface area contributed by atoms with Gasteiger partial charge in [0, 0.05) is 20.4 Å². The maximum atomic E-state index is 7.53. The molecule has 2 nitrogen and oxygen atoms in total. The molecule has 0 amide bonds. The van der Waals surface area contributed by atoms with Gasteiger partial charge in [0.1, 0.15) is 5.84 Å². The number of hydrogen-bond acceptors (Lipinski definition) is 2. The molecule has 0 bridgehead atoms. The summed E-state index contributed by atoms with van der Waals surface area (Å²) in [5.41, 5.74) is 6.26. The van der Waals surface area contributed by atoms with Crippen molar-refractivity contribution < 1.29 is 0 Å². The first-order valence-electron chi connectivity index (χ1n) is 5.03. The molecule has 0 aromatic heterocycles. The van der Waals surface area contributed by atoms with Crippen molar-refractivity contribution in [3.05, 3.63) is 59.1 Å². The third-order valence-electron chi connectivity index (χ3n) is 2.20. The van der Waals surface area contributed by atoms with Gasteiger partial charge in [-0.05, 0) is 30.3 Å². The molecule has 0 radical (unpaired) electrons. The third-order valence-corrected chi connectivity index (χ3v) is 3.51. The van der Waals surface area contributed by atoms with Crippen LogP contribution in [0.5, 0.6) is 0 Å². The van der Waals surface area contributed by atoms with E-state index in [0.717, 1.165) is 9.79 Å². The summed E-state index contributed by atoms with van der Waals surface area (Å²) in [5, 5.41) is 8.18. The van der Waals surface area contributed by atoms with Crippen molar-refractivity contribution in [2.45, 2.75) is 9.79 Å². The number of rotatable bonds is 3. The lowest BCUT2D eigenvalue weighted by Gasteiger charge is -2.08. The van der Waals surface area contributed by atoms with Crippen molar-refractivity contribution >= 4 is 29.2 Å². The summed E-state index contributed by atoms with van der Waals surface area (Å²) < 4.78 is 0. The average molecular weight is 263 g/mol. The Labute approximate surface area is 109 Å². The molecule has 3 N–H and O–H groups in total. The van der Waals surface area contributed by atoms with E-state index in [1.165, 1.54) is 0 Å². The van der Waals surface area contributed by atoms with Crippen LogP contribution in [-0.4, -0.2) is 5.84 Å². The highest BCUT2D eigenvalue weighted by Crippen LogP contribution is 2.32. The number of nitrogens with one attached hydrogen (secondary N) is 1. The van der Waals surface area contributed by atoms with Crippen molar-refractivity contribution in [2.24, 2.45) is 5.73 Å². The lowest BCUT2D eigenvalue weighted by atomic mass is 10.2. The first-order valence-corrected chi connectivity index (χ1v) is 6.23. The zero-order valence-corrected chi connectivity index (χ0v) is 10.6. The molecule has 0 aliphatic heterocycles. The van der Waals surface area contributed by atoms with Crippen molar-refractivity contribution in [3.63, 3.8) is 0 Å². The molecule has 0 unspecified atom stereocenters. The fourth-order valence-electron chi connectivity index (χ4n) is 1.42. The van der Waals surface area contributed by atoms with Crippen LogP contribution in [0.4, 0.5) is 0 Å². The maximum Gasteiger partial charge on any atom is 0.123 e. The third kappa shape index (κ3) is 3.02. The first-order chi connectivity index (χ1) is 8.16. The van der Waals surface area contributed by atoms with Crippen LogP contribution in [-0.2, 0) is 0 Å². The molecule has 0 aliphatic carbocycles. The molecule has 0 fully saturated rings. The van der Waals surface area contributed by atoms with Crippen LogP contribution < -0.4 is 5.73 Å². The normalized spacial score (nSPS) is 10.2. The molecule has 0 saturated heterocycles. The largest absolute Gasteiger partial charge is 0.384 e. The molecule has 0 aliphatic rings. The van der Waals surface area contributed by atoms with Gasteiger partial charge in [-0.2, -0.15) is 0 Å². The lowest BCUT2D eigenvalue weighted by Crippen LogP contribution is -2.12. The van der Waals surface area contributed by atoms with E-state index in [-0.39, 0.29) is 5.84 Å². The summed E-state index contributed by atoms with van der Waals surface area (Å²) >= 11 is 7.51. The van der Waals surface area contributed by atoms with Crippen LogP contribution in [0, 0.1) is 5.41 Å². The zero-order chi connectivity index (χ0) is 12.3. The number of amidine groups is 1. The predicted octanol–water partition coefficient (Wildman–Crippen LogP) is 3.78. The Hall–Kier alpha value is -1.45. The van der Waals surface area contributed by atoms with Crippen LogP contribution in [0.1, 0.15) is 5.56 Å². The van der Waals surface area contributed by atoms with Gasteiger partial charge in [0.25, 0.3) is 0 Å². The van der Waals surface area contributed by atoms with Crippen LogP contribution in [0.3, 0.4) is 0 Å². The minimum Gasteiger partial charge on any atom is -0.384 e. The molecular weight excluding hydrogens is 252 g/mol. The van der Waals surface area contributed by atoms with E-state index < -0.39 is 0 Å². The van der Waals surface area contributed by atoms with Crippen LogP contribution in [0.15, 0.2) is 58.3 Å². The minimum atomic E-state index is 0.0556. The maximum absolute atomic E-state index is 7.53. The van der Waals surface area contributed by atoms with Crippen LogP contribution in [0.2, 0.25) is 5.02 Å². The van der Waals surface area contributed by atoms with Crippen LogP contribution >= 0.6 is 23.4 Å².